The van der Waals surface area contributed by atoms with Gasteiger partial charge in [0, 0.05) is 5.02 Å². The molecule has 6 heteroatoms. The van der Waals surface area contributed by atoms with E-state index in [4.69, 9.17) is 16.3 Å². The number of rotatable bonds is 8. The fourth-order valence-electron chi connectivity index (χ4n) is 2.43. The first-order valence-electron chi connectivity index (χ1n) is 8.14. The van der Waals surface area contributed by atoms with E-state index in [1.165, 1.54) is 19.9 Å². The van der Waals surface area contributed by atoms with E-state index >= 15 is 0 Å². The van der Waals surface area contributed by atoms with Gasteiger partial charge in [0.05, 0.1) is 11.6 Å². The Morgan fingerprint density at radius 1 is 1.08 bits per heavy atom. The molecule has 0 fully saturated rings. The maximum absolute atomic E-state index is 12.2. The molecule has 0 unspecified atom stereocenters. The van der Waals surface area contributed by atoms with Crippen LogP contribution in [0.5, 0.6) is 5.75 Å². The molecule has 0 bridgehead atoms. The molecule has 0 aliphatic carbocycles. The van der Waals surface area contributed by atoms with Crippen LogP contribution in [0.4, 0.5) is 0 Å². The predicted octanol–water partition coefficient (Wildman–Crippen LogP) is 3.24. The average molecular weight is 374 g/mol. The van der Waals surface area contributed by atoms with E-state index < -0.39 is 11.9 Å². The molecule has 0 aliphatic rings. The summed E-state index contributed by atoms with van der Waals surface area (Å²) in [5.41, 5.74) is 1.25. The molecule has 0 aromatic heterocycles. The lowest BCUT2D eigenvalue weighted by Gasteiger charge is -2.17. The lowest BCUT2D eigenvalue weighted by molar-refractivity contribution is -0.128. The Morgan fingerprint density at radius 3 is 2.38 bits per heavy atom. The number of nitrogens with one attached hydrogen (secondary N) is 1. The minimum Gasteiger partial charge on any atom is -0.483 e. The second-order valence-corrected chi connectivity index (χ2v) is 6.34. The Balaban J connectivity index is 1.99. The number of ketones is 2. The first-order valence-corrected chi connectivity index (χ1v) is 8.51. The minimum absolute atomic E-state index is 0.141. The van der Waals surface area contributed by atoms with Gasteiger partial charge in [-0.15, -0.1) is 0 Å². The maximum atomic E-state index is 12.2. The second-order valence-electron chi connectivity index (χ2n) is 5.91. The monoisotopic (exact) mass is 373 g/mol. The first-order chi connectivity index (χ1) is 12.4. The second kappa shape index (κ2) is 9.15. The summed E-state index contributed by atoms with van der Waals surface area (Å²) in [5.74, 6) is -0.517. The first kappa shape index (κ1) is 19.7. The SMILES string of the molecule is CC(=O)c1cc(Cl)ccc1OCC(=O)N[C@H](Cc1ccccc1)C(C)=O. The van der Waals surface area contributed by atoms with Crippen LogP contribution in [0.3, 0.4) is 0 Å². The smallest absolute Gasteiger partial charge is 0.258 e. The van der Waals surface area contributed by atoms with Gasteiger partial charge < -0.3 is 10.1 Å². The predicted molar refractivity (Wildman–Crippen MR) is 99.7 cm³/mol. The van der Waals surface area contributed by atoms with Gasteiger partial charge in [0.15, 0.2) is 18.2 Å². The Hall–Kier alpha value is -2.66. The molecule has 0 saturated heterocycles. The van der Waals surface area contributed by atoms with Gasteiger partial charge in [0.2, 0.25) is 0 Å². The van der Waals surface area contributed by atoms with Crippen molar-refractivity contribution in [2.24, 2.45) is 0 Å². The number of carbonyl (C=O) groups is 3. The number of amides is 1. The van der Waals surface area contributed by atoms with Crippen molar-refractivity contribution in [1.82, 2.24) is 5.32 Å². The summed E-state index contributed by atoms with van der Waals surface area (Å²) >= 11 is 5.88. The van der Waals surface area contributed by atoms with Crippen LogP contribution in [0.1, 0.15) is 29.8 Å². The highest BCUT2D eigenvalue weighted by Crippen LogP contribution is 2.23. The molecule has 1 N–H and O–H groups in total. The molecular weight excluding hydrogens is 354 g/mol. The van der Waals surface area contributed by atoms with Crippen molar-refractivity contribution in [2.45, 2.75) is 26.3 Å². The minimum atomic E-state index is -0.633. The number of carbonyl (C=O) groups excluding carboxylic acids is 3. The molecule has 0 saturated carbocycles. The van der Waals surface area contributed by atoms with Crippen molar-refractivity contribution in [3.8, 4) is 5.75 Å². The molecule has 2 aromatic carbocycles. The van der Waals surface area contributed by atoms with Crippen molar-refractivity contribution in [1.29, 1.82) is 0 Å². The number of ether oxygens (including phenoxy) is 1. The quantitative estimate of drug-likeness (QED) is 0.721. The van der Waals surface area contributed by atoms with E-state index in [2.05, 4.69) is 5.32 Å². The Bertz CT molecular complexity index is 805. The van der Waals surface area contributed by atoms with Crippen LogP contribution >= 0.6 is 11.6 Å². The topological polar surface area (TPSA) is 72.5 Å². The van der Waals surface area contributed by atoms with E-state index in [9.17, 15) is 14.4 Å². The van der Waals surface area contributed by atoms with Crippen molar-refractivity contribution in [3.63, 3.8) is 0 Å². The van der Waals surface area contributed by atoms with Crippen LogP contribution < -0.4 is 10.1 Å². The third kappa shape index (κ3) is 5.70. The lowest BCUT2D eigenvalue weighted by Crippen LogP contribution is -2.43. The summed E-state index contributed by atoms with van der Waals surface area (Å²) in [4.78, 5) is 35.6. The van der Waals surface area contributed by atoms with Crippen LogP contribution in [-0.2, 0) is 16.0 Å². The van der Waals surface area contributed by atoms with Gasteiger partial charge >= 0.3 is 0 Å². The number of hydrogen-bond donors (Lipinski definition) is 1. The third-order valence-corrected chi connectivity index (χ3v) is 4.02. The van der Waals surface area contributed by atoms with E-state index in [1.54, 1.807) is 12.1 Å². The zero-order valence-corrected chi connectivity index (χ0v) is 15.4. The van der Waals surface area contributed by atoms with Crippen molar-refractivity contribution in [2.75, 3.05) is 6.61 Å². The Kier molecular flexibility index (Phi) is 6.92. The van der Waals surface area contributed by atoms with E-state index in [0.717, 1.165) is 5.56 Å². The molecule has 0 radical (unpaired) electrons. The van der Waals surface area contributed by atoms with Crippen LogP contribution in [-0.4, -0.2) is 30.1 Å². The van der Waals surface area contributed by atoms with Gasteiger partial charge in [-0.1, -0.05) is 41.9 Å². The molecule has 1 atom stereocenters. The lowest BCUT2D eigenvalue weighted by atomic mass is 10.0. The fourth-order valence-corrected chi connectivity index (χ4v) is 2.60. The van der Waals surface area contributed by atoms with Gasteiger partial charge in [0.1, 0.15) is 5.75 Å². The number of benzene rings is 2. The molecule has 5 nitrogen and oxygen atoms in total. The molecule has 2 aromatic rings. The highest BCUT2D eigenvalue weighted by molar-refractivity contribution is 6.31. The summed E-state index contributed by atoms with van der Waals surface area (Å²) in [6.07, 6.45) is 0.404. The molecule has 0 heterocycles. The van der Waals surface area contributed by atoms with Gasteiger partial charge in [-0.3, -0.25) is 14.4 Å². The van der Waals surface area contributed by atoms with Crippen molar-refractivity contribution in [3.05, 3.63) is 64.7 Å². The summed E-state index contributed by atoms with van der Waals surface area (Å²) in [7, 11) is 0. The van der Waals surface area contributed by atoms with Crippen LogP contribution in [0.15, 0.2) is 48.5 Å². The van der Waals surface area contributed by atoms with E-state index in [0.29, 0.717) is 17.0 Å². The van der Waals surface area contributed by atoms with Crippen LogP contribution in [0.2, 0.25) is 5.02 Å². The van der Waals surface area contributed by atoms with Gasteiger partial charge in [-0.2, -0.15) is 0 Å². The molecule has 0 spiro atoms. The zero-order chi connectivity index (χ0) is 19.1. The van der Waals surface area contributed by atoms with Crippen LogP contribution in [0, 0.1) is 0 Å². The summed E-state index contributed by atoms with van der Waals surface area (Å²) < 4.78 is 5.44. The number of hydrogen-bond acceptors (Lipinski definition) is 4. The highest BCUT2D eigenvalue weighted by atomic mass is 35.5. The Morgan fingerprint density at radius 2 is 1.77 bits per heavy atom. The Labute approximate surface area is 157 Å². The van der Waals surface area contributed by atoms with Gasteiger partial charge in [-0.05, 0) is 44.0 Å². The summed E-state index contributed by atoms with van der Waals surface area (Å²) in [6, 6.07) is 13.4. The maximum Gasteiger partial charge on any atom is 0.258 e. The summed E-state index contributed by atoms with van der Waals surface area (Å²) in [6.45, 7) is 2.52. The molecule has 1 amide bonds. The highest BCUT2D eigenvalue weighted by Gasteiger charge is 2.18. The number of halogens is 1. The average Bonchev–Trinajstić information content (AvgIpc) is 2.60. The molecule has 2 rings (SSSR count). The normalized spacial score (nSPS) is 11.5. The molecular formula is C20H20ClNO4. The van der Waals surface area contributed by atoms with Crippen molar-refractivity contribution >= 4 is 29.1 Å². The summed E-state index contributed by atoms with van der Waals surface area (Å²) in [5, 5.41) is 3.08. The largest absolute Gasteiger partial charge is 0.483 e. The third-order valence-electron chi connectivity index (χ3n) is 3.79. The molecule has 0 aliphatic heterocycles. The standard InChI is InChI=1S/C20H20ClNO4/c1-13(23)17-11-16(21)8-9-19(17)26-12-20(25)22-18(14(2)24)10-15-6-4-3-5-7-15/h3-9,11,18H,10,12H2,1-2H3,(H,22,25)/t18-/m1/s1. The van der Waals surface area contributed by atoms with Gasteiger partial charge in [-0.25, -0.2) is 0 Å². The van der Waals surface area contributed by atoms with E-state index in [1.807, 2.05) is 30.3 Å². The van der Waals surface area contributed by atoms with Gasteiger partial charge in [0.25, 0.3) is 5.91 Å². The van der Waals surface area contributed by atoms with E-state index in [-0.39, 0.29) is 23.9 Å². The van der Waals surface area contributed by atoms with Crippen molar-refractivity contribution < 1.29 is 19.1 Å². The van der Waals surface area contributed by atoms with Crippen LogP contribution in [0.25, 0.3) is 0 Å². The number of Topliss-reactive ketones (excluding diaryl/α,β-unsaturated/α-hetero) is 2. The molecule has 26 heavy (non-hydrogen) atoms. The zero-order valence-electron chi connectivity index (χ0n) is 14.6. The fraction of sp³-hybridized carbons (Fsp3) is 0.250. The molecule has 136 valence electrons.